The Morgan fingerprint density at radius 2 is 2.00 bits per heavy atom. The van der Waals surface area contributed by atoms with Crippen LogP contribution in [-0.2, 0) is 24.2 Å². The fraction of sp³-hybridized carbons (Fsp3) is 0.375. The number of carbonyl (C=O) groups is 2. The highest BCUT2D eigenvalue weighted by molar-refractivity contribution is 7.91. The molecule has 1 heterocycles. The second-order valence-corrected chi connectivity index (χ2v) is 7.61. The van der Waals surface area contributed by atoms with Crippen LogP contribution in [0, 0.1) is 0 Å². The van der Waals surface area contributed by atoms with E-state index in [-0.39, 0.29) is 11.5 Å². The van der Waals surface area contributed by atoms with Gasteiger partial charge in [-0.15, -0.1) is 0 Å². The third-order valence-electron chi connectivity index (χ3n) is 3.47. The van der Waals surface area contributed by atoms with Crippen molar-refractivity contribution >= 4 is 27.8 Å². The lowest BCUT2D eigenvalue weighted by Gasteiger charge is -2.10. The van der Waals surface area contributed by atoms with Crippen LogP contribution in [0.25, 0.3) is 6.08 Å². The molecule has 1 aromatic carbocycles. The van der Waals surface area contributed by atoms with Gasteiger partial charge in [-0.05, 0) is 30.2 Å². The number of benzene rings is 1. The molecule has 130 valence electrons. The van der Waals surface area contributed by atoms with Crippen molar-refractivity contribution in [3.8, 4) is 5.75 Å². The quantitative estimate of drug-likeness (QED) is 0.592. The van der Waals surface area contributed by atoms with Crippen molar-refractivity contribution in [2.24, 2.45) is 0 Å². The van der Waals surface area contributed by atoms with Gasteiger partial charge in [0.05, 0.1) is 18.6 Å². The highest BCUT2D eigenvalue weighted by Gasteiger charge is 2.28. The fourth-order valence-electron chi connectivity index (χ4n) is 2.24. The van der Waals surface area contributed by atoms with E-state index in [0.717, 1.165) is 5.56 Å². The van der Waals surface area contributed by atoms with Crippen LogP contribution in [0.1, 0.15) is 12.0 Å². The first-order valence-electron chi connectivity index (χ1n) is 7.36. The lowest BCUT2D eigenvalue weighted by Crippen LogP contribution is -2.38. The molecule has 1 amide bonds. The van der Waals surface area contributed by atoms with Crippen molar-refractivity contribution in [2.45, 2.75) is 12.5 Å². The van der Waals surface area contributed by atoms with Crippen molar-refractivity contribution in [1.29, 1.82) is 0 Å². The summed E-state index contributed by atoms with van der Waals surface area (Å²) in [6.07, 6.45) is 3.16. The van der Waals surface area contributed by atoms with Crippen LogP contribution in [0.5, 0.6) is 5.75 Å². The van der Waals surface area contributed by atoms with E-state index in [9.17, 15) is 18.0 Å². The molecule has 1 aromatic rings. The number of hydrogen-bond donors (Lipinski definition) is 1. The highest BCUT2D eigenvalue weighted by Crippen LogP contribution is 2.12. The first-order chi connectivity index (χ1) is 11.4. The van der Waals surface area contributed by atoms with Crippen molar-refractivity contribution in [3.63, 3.8) is 0 Å². The van der Waals surface area contributed by atoms with E-state index in [1.54, 1.807) is 37.5 Å². The lowest BCUT2D eigenvalue weighted by molar-refractivity contribution is -0.143. The van der Waals surface area contributed by atoms with Gasteiger partial charge in [0.2, 0.25) is 0 Å². The van der Waals surface area contributed by atoms with E-state index in [1.807, 2.05) is 0 Å². The maximum atomic E-state index is 11.6. The Morgan fingerprint density at radius 1 is 1.29 bits per heavy atom. The van der Waals surface area contributed by atoms with E-state index in [2.05, 4.69) is 5.32 Å². The van der Waals surface area contributed by atoms with Crippen LogP contribution in [0.15, 0.2) is 30.3 Å². The maximum Gasteiger partial charge on any atom is 0.331 e. The van der Waals surface area contributed by atoms with Crippen LogP contribution >= 0.6 is 0 Å². The zero-order valence-electron chi connectivity index (χ0n) is 13.2. The molecule has 0 aromatic heterocycles. The second-order valence-electron chi connectivity index (χ2n) is 5.38. The van der Waals surface area contributed by atoms with Crippen LogP contribution in [0.3, 0.4) is 0 Å². The van der Waals surface area contributed by atoms with Crippen molar-refractivity contribution in [3.05, 3.63) is 35.9 Å². The van der Waals surface area contributed by atoms with Crippen molar-refractivity contribution < 1.29 is 27.5 Å². The first kappa shape index (κ1) is 18.0. The van der Waals surface area contributed by atoms with E-state index in [1.165, 1.54) is 6.08 Å². The topological polar surface area (TPSA) is 98.8 Å². The predicted molar refractivity (Wildman–Crippen MR) is 88.2 cm³/mol. The minimum Gasteiger partial charge on any atom is -0.497 e. The van der Waals surface area contributed by atoms with Gasteiger partial charge >= 0.3 is 5.97 Å². The molecular formula is C16H19NO6S. The summed E-state index contributed by atoms with van der Waals surface area (Å²) in [5, 5.41) is 2.54. The zero-order valence-corrected chi connectivity index (χ0v) is 14.0. The van der Waals surface area contributed by atoms with Gasteiger partial charge in [0.25, 0.3) is 5.91 Å². The van der Waals surface area contributed by atoms with E-state index in [0.29, 0.717) is 12.2 Å². The number of ether oxygens (including phenoxy) is 2. The molecule has 1 aliphatic rings. The monoisotopic (exact) mass is 353 g/mol. The Bertz CT molecular complexity index is 723. The number of rotatable bonds is 6. The molecule has 1 aliphatic heterocycles. The van der Waals surface area contributed by atoms with Crippen molar-refractivity contribution in [2.75, 3.05) is 25.2 Å². The molecule has 2 rings (SSSR count). The lowest BCUT2D eigenvalue weighted by atomic mass is 10.2. The van der Waals surface area contributed by atoms with E-state index >= 15 is 0 Å². The van der Waals surface area contributed by atoms with Crippen LogP contribution < -0.4 is 10.1 Å². The smallest absolute Gasteiger partial charge is 0.331 e. The fourth-order valence-corrected chi connectivity index (χ4v) is 3.92. The van der Waals surface area contributed by atoms with E-state index in [4.69, 9.17) is 9.47 Å². The molecule has 1 saturated heterocycles. The van der Waals surface area contributed by atoms with Gasteiger partial charge in [-0.3, -0.25) is 4.79 Å². The Balaban J connectivity index is 1.74. The normalized spacial score (nSPS) is 19.1. The number of amides is 1. The molecule has 1 fully saturated rings. The molecule has 1 atom stereocenters. The summed E-state index contributed by atoms with van der Waals surface area (Å²) in [4.78, 5) is 23.2. The summed E-state index contributed by atoms with van der Waals surface area (Å²) in [6, 6.07) is 6.66. The average molecular weight is 353 g/mol. The van der Waals surface area contributed by atoms with Crippen molar-refractivity contribution in [1.82, 2.24) is 5.32 Å². The molecule has 1 N–H and O–H groups in total. The van der Waals surface area contributed by atoms with Gasteiger partial charge in [-0.2, -0.15) is 0 Å². The molecule has 7 nitrogen and oxygen atoms in total. The third kappa shape index (κ3) is 5.69. The number of sulfone groups is 1. The largest absolute Gasteiger partial charge is 0.497 e. The molecule has 0 spiro atoms. The molecule has 0 saturated carbocycles. The molecular weight excluding hydrogens is 334 g/mol. The Morgan fingerprint density at radius 3 is 2.58 bits per heavy atom. The summed E-state index contributed by atoms with van der Waals surface area (Å²) in [5.74, 6) is -0.449. The highest BCUT2D eigenvalue weighted by atomic mass is 32.2. The summed E-state index contributed by atoms with van der Waals surface area (Å²) < 4.78 is 32.4. The summed E-state index contributed by atoms with van der Waals surface area (Å²) in [5.41, 5.74) is 0.786. The SMILES string of the molecule is COc1ccc(/C=C/C(=O)OCC(=O)NC2CCS(=O)(=O)C2)cc1. The number of hydrogen-bond acceptors (Lipinski definition) is 6. The number of carbonyl (C=O) groups excluding carboxylic acids is 2. The third-order valence-corrected chi connectivity index (χ3v) is 5.24. The standard InChI is InChI=1S/C16H19NO6S/c1-22-14-5-2-12(3-6-14)4-7-16(19)23-10-15(18)17-13-8-9-24(20,21)11-13/h2-7,13H,8-11H2,1H3,(H,17,18)/b7-4+. The molecule has 8 heteroatoms. The van der Waals surface area contributed by atoms with Gasteiger partial charge in [-0.1, -0.05) is 12.1 Å². The Kier molecular flexibility index (Phi) is 5.97. The minimum absolute atomic E-state index is 0.0654. The summed E-state index contributed by atoms with van der Waals surface area (Å²) in [6.45, 7) is -0.442. The van der Waals surface area contributed by atoms with Gasteiger partial charge < -0.3 is 14.8 Å². The average Bonchev–Trinajstić information content (AvgIpc) is 2.90. The van der Waals surface area contributed by atoms with Gasteiger partial charge in [-0.25, -0.2) is 13.2 Å². The minimum atomic E-state index is -3.06. The number of esters is 1. The number of methoxy groups -OCH3 is 1. The van der Waals surface area contributed by atoms with Gasteiger partial charge in [0, 0.05) is 12.1 Å². The molecule has 0 aliphatic carbocycles. The maximum absolute atomic E-state index is 11.6. The van der Waals surface area contributed by atoms with Crippen LogP contribution in [-0.4, -0.2) is 51.6 Å². The molecule has 0 radical (unpaired) electrons. The Hall–Kier alpha value is -2.35. The number of nitrogens with one attached hydrogen (secondary N) is 1. The molecule has 24 heavy (non-hydrogen) atoms. The molecule has 1 unspecified atom stereocenters. The zero-order chi connectivity index (χ0) is 17.6. The first-order valence-corrected chi connectivity index (χ1v) is 9.19. The van der Waals surface area contributed by atoms with Crippen LogP contribution in [0.2, 0.25) is 0 Å². The summed E-state index contributed by atoms with van der Waals surface area (Å²) in [7, 11) is -1.50. The van der Waals surface area contributed by atoms with Gasteiger partial charge in [0.15, 0.2) is 16.4 Å². The Labute approximate surface area is 140 Å². The predicted octanol–water partition coefficient (Wildman–Crippen LogP) is 0.555. The second kappa shape index (κ2) is 7.96. The molecule has 0 bridgehead atoms. The van der Waals surface area contributed by atoms with Gasteiger partial charge in [0.1, 0.15) is 5.75 Å². The summed E-state index contributed by atoms with van der Waals surface area (Å²) >= 11 is 0. The van der Waals surface area contributed by atoms with E-state index < -0.39 is 34.4 Å². The van der Waals surface area contributed by atoms with Crippen LogP contribution in [0.4, 0.5) is 0 Å².